The van der Waals surface area contributed by atoms with Gasteiger partial charge in [0.05, 0.1) is 25.5 Å². The van der Waals surface area contributed by atoms with Crippen molar-refractivity contribution in [2.45, 2.75) is 18.9 Å². The maximum absolute atomic E-state index is 12.4. The zero-order chi connectivity index (χ0) is 19.9. The van der Waals surface area contributed by atoms with E-state index in [-0.39, 0.29) is 12.5 Å². The number of carbonyl (C=O) groups is 1. The van der Waals surface area contributed by atoms with Crippen LogP contribution < -0.4 is 4.74 Å². The normalized spacial score (nSPS) is 11.8. The number of aliphatic hydroxyl groups excluding tert-OH is 1. The molecule has 0 fully saturated rings. The lowest BCUT2D eigenvalue weighted by atomic mass is 10.1. The number of benzene rings is 1. The highest BCUT2D eigenvalue weighted by molar-refractivity contribution is 7.13. The molecule has 0 radical (unpaired) electrons. The Balaban J connectivity index is 1.51. The fraction of sp³-hybridized carbons (Fsp3) is 0.286. The first-order valence-corrected chi connectivity index (χ1v) is 9.85. The van der Waals surface area contributed by atoms with Crippen molar-refractivity contribution in [3.05, 3.63) is 65.4 Å². The van der Waals surface area contributed by atoms with E-state index < -0.39 is 6.10 Å². The summed E-state index contributed by atoms with van der Waals surface area (Å²) in [6, 6.07) is 11.0. The number of thiazole rings is 1. The third-order valence-corrected chi connectivity index (χ3v) is 5.39. The zero-order valence-electron chi connectivity index (χ0n) is 15.9. The highest BCUT2D eigenvalue weighted by Crippen LogP contribution is 2.23. The Hall–Kier alpha value is -2.77. The minimum absolute atomic E-state index is 0.0222. The zero-order valence-corrected chi connectivity index (χ0v) is 16.7. The SMILES string of the molecule is COc1ccc(C(O)CN(C)C(=O)CCc2csc(-c3ccncc3)n2)cc1. The number of aliphatic hydroxyl groups is 1. The second kappa shape index (κ2) is 9.43. The van der Waals surface area contributed by atoms with Crippen molar-refractivity contribution in [2.24, 2.45) is 0 Å². The summed E-state index contributed by atoms with van der Waals surface area (Å²) in [7, 11) is 3.30. The van der Waals surface area contributed by atoms with Crippen molar-refractivity contribution in [1.82, 2.24) is 14.9 Å². The van der Waals surface area contributed by atoms with Gasteiger partial charge in [-0.25, -0.2) is 4.98 Å². The van der Waals surface area contributed by atoms with E-state index >= 15 is 0 Å². The Morgan fingerprint density at radius 1 is 1.21 bits per heavy atom. The summed E-state index contributed by atoms with van der Waals surface area (Å²) in [5, 5.41) is 13.3. The Labute approximate surface area is 168 Å². The maximum atomic E-state index is 12.4. The summed E-state index contributed by atoms with van der Waals surface area (Å²) < 4.78 is 5.12. The van der Waals surface area contributed by atoms with Crippen molar-refractivity contribution in [2.75, 3.05) is 20.7 Å². The van der Waals surface area contributed by atoms with Crippen LogP contribution in [-0.2, 0) is 11.2 Å². The van der Waals surface area contributed by atoms with Gasteiger partial charge in [0, 0.05) is 36.8 Å². The third kappa shape index (κ3) is 5.15. The number of pyridine rings is 1. The maximum Gasteiger partial charge on any atom is 0.222 e. The van der Waals surface area contributed by atoms with Crippen LogP contribution in [0.3, 0.4) is 0 Å². The summed E-state index contributed by atoms with van der Waals surface area (Å²) in [5.74, 6) is 0.709. The van der Waals surface area contributed by atoms with E-state index in [4.69, 9.17) is 4.74 Å². The van der Waals surface area contributed by atoms with Gasteiger partial charge in [0.15, 0.2) is 0 Å². The molecule has 146 valence electrons. The molecule has 1 aromatic carbocycles. The first-order valence-electron chi connectivity index (χ1n) is 8.97. The molecule has 0 bridgehead atoms. The fourth-order valence-corrected chi connectivity index (χ4v) is 3.63. The number of rotatable bonds is 8. The van der Waals surface area contributed by atoms with Crippen LogP contribution in [0.1, 0.15) is 23.8 Å². The van der Waals surface area contributed by atoms with E-state index in [1.54, 1.807) is 67.1 Å². The molecule has 3 aromatic rings. The summed E-state index contributed by atoms with van der Waals surface area (Å²) >= 11 is 1.56. The number of hydrogen-bond donors (Lipinski definition) is 1. The number of ether oxygens (including phenoxy) is 1. The standard InChI is InChI=1S/C21H23N3O3S/c1-24(13-19(25)15-3-6-18(27-2)7-4-15)20(26)8-5-17-14-28-21(23-17)16-9-11-22-12-10-16/h3-4,6-7,9-12,14,19,25H,5,8,13H2,1-2H3. The molecule has 3 rings (SSSR count). The fourth-order valence-electron chi connectivity index (χ4n) is 2.77. The summed E-state index contributed by atoms with van der Waals surface area (Å²) in [5.41, 5.74) is 2.67. The van der Waals surface area contributed by atoms with Crippen LogP contribution in [0.4, 0.5) is 0 Å². The Morgan fingerprint density at radius 2 is 1.93 bits per heavy atom. The summed E-state index contributed by atoms with van der Waals surface area (Å²) in [4.78, 5) is 22.6. The summed E-state index contributed by atoms with van der Waals surface area (Å²) in [6.45, 7) is 0.241. The van der Waals surface area contributed by atoms with Crippen LogP contribution in [0, 0.1) is 0 Å². The largest absolute Gasteiger partial charge is 0.497 e. The van der Waals surface area contributed by atoms with Gasteiger partial charge in [0.1, 0.15) is 10.8 Å². The minimum Gasteiger partial charge on any atom is -0.497 e. The summed E-state index contributed by atoms with van der Waals surface area (Å²) in [6.07, 6.45) is 3.67. The highest BCUT2D eigenvalue weighted by Gasteiger charge is 2.16. The molecule has 0 aliphatic carbocycles. The van der Waals surface area contributed by atoms with Crippen LogP contribution >= 0.6 is 11.3 Å². The molecule has 1 amide bonds. The van der Waals surface area contributed by atoms with Gasteiger partial charge in [-0.15, -0.1) is 11.3 Å². The van der Waals surface area contributed by atoms with Gasteiger partial charge in [0.2, 0.25) is 5.91 Å². The quantitative estimate of drug-likeness (QED) is 0.631. The van der Waals surface area contributed by atoms with E-state index in [2.05, 4.69) is 9.97 Å². The molecule has 1 atom stereocenters. The lowest BCUT2D eigenvalue weighted by Gasteiger charge is -2.21. The molecule has 1 unspecified atom stereocenters. The number of amides is 1. The van der Waals surface area contributed by atoms with Gasteiger partial charge in [-0.1, -0.05) is 12.1 Å². The van der Waals surface area contributed by atoms with Crippen LogP contribution in [0.25, 0.3) is 10.6 Å². The molecule has 6 nitrogen and oxygen atoms in total. The lowest BCUT2D eigenvalue weighted by molar-refractivity contribution is -0.131. The van der Waals surface area contributed by atoms with Gasteiger partial charge in [-0.3, -0.25) is 9.78 Å². The monoisotopic (exact) mass is 397 g/mol. The van der Waals surface area contributed by atoms with Crippen LogP contribution in [0.5, 0.6) is 5.75 Å². The molecule has 7 heteroatoms. The molecule has 0 saturated carbocycles. The number of hydrogen-bond acceptors (Lipinski definition) is 6. The molecule has 0 spiro atoms. The average molecular weight is 398 g/mol. The van der Waals surface area contributed by atoms with Gasteiger partial charge < -0.3 is 14.7 Å². The number of methoxy groups -OCH3 is 1. The second-order valence-electron chi connectivity index (χ2n) is 6.44. The molecule has 2 heterocycles. The number of aryl methyl sites for hydroxylation is 1. The first kappa shape index (κ1) is 20.0. The molecule has 0 aliphatic rings. The molecule has 0 saturated heterocycles. The lowest BCUT2D eigenvalue weighted by Crippen LogP contribution is -2.31. The van der Waals surface area contributed by atoms with Gasteiger partial charge in [0.25, 0.3) is 0 Å². The first-order chi connectivity index (χ1) is 13.6. The van der Waals surface area contributed by atoms with E-state index in [1.165, 1.54) is 0 Å². The van der Waals surface area contributed by atoms with Gasteiger partial charge in [-0.2, -0.15) is 0 Å². The van der Waals surface area contributed by atoms with E-state index in [1.807, 2.05) is 17.5 Å². The number of nitrogens with zero attached hydrogens (tertiary/aromatic N) is 3. The van der Waals surface area contributed by atoms with Crippen molar-refractivity contribution < 1.29 is 14.6 Å². The topological polar surface area (TPSA) is 75.6 Å². The average Bonchev–Trinajstić information content (AvgIpc) is 3.21. The van der Waals surface area contributed by atoms with Crippen LogP contribution in [0.15, 0.2) is 54.2 Å². The second-order valence-corrected chi connectivity index (χ2v) is 7.30. The Morgan fingerprint density at radius 3 is 2.61 bits per heavy atom. The molecule has 28 heavy (non-hydrogen) atoms. The van der Waals surface area contributed by atoms with E-state index in [0.29, 0.717) is 12.8 Å². The molecule has 0 aliphatic heterocycles. The van der Waals surface area contributed by atoms with Gasteiger partial charge in [-0.05, 0) is 36.2 Å². The van der Waals surface area contributed by atoms with Crippen molar-refractivity contribution in [1.29, 1.82) is 0 Å². The van der Waals surface area contributed by atoms with Crippen LogP contribution in [0.2, 0.25) is 0 Å². The predicted octanol–water partition coefficient (Wildman–Crippen LogP) is 3.34. The smallest absolute Gasteiger partial charge is 0.222 e. The Bertz CT molecular complexity index is 897. The molecular weight excluding hydrogens is 374 g/mol. The van der Waals surface area contributed by atoms with Crippen molar-refractivity contribution >= 4 is 17.2 Å². The molecular formula is C21H23N3O3S. The predicted molar refractivity (Wildman–Crippen MR) is 109 cm³/mol. The molecule has 1 N–H and O–H groups in total. The number of aromatic nitrogens is 2. The molecule has 2 aromatic heterocycles. The Kier molecular flexibility index (Phi) is 6.73. The highest BCUT2D eigenvalue weighted by atomic mass is 32.1. The third-order valence-electron chi connectivity index (χ3n) is 4.45. The number of carbonyl (C=O) groups excluding carboxylic acids is 1. The minimum atomic E-state index is -0.738. The van der Waals surface area contributed by atoms with Crippen molar-refractivity contribution in [3.8, 4) is 16.3 Å². The van der Waals surface area contributed by atoms with Gasteiger partial charge >= 0.3 is 0 Å². The van der Waals surface area contributed by atoms with E-state index in [9.17, 15) is 9.90 Å². The van der Waals surface area contributed by atoms with Crippen molar-refractivity contribution in [3.63, 3.8) is 0 Å². The number of likely N-dealkylation sites (N-methyl/N-ethyl adjacent to an activating group) is 1. The van der Waals surface area contributed by atoms with E-state index in [0.717, 1.165) is 27.6 Å². The van der Waals surface area contributed by atoms with Crippen LogP contribution in [-0.4, -0.2) is 46.6 Å².